The molecule has 3 aromatic carbocycles. The Hall–Kier alpha value is -3.12. The molecular weight excluding hydrogens is 420 g/mol. The Balaban J connectivity index is 1.28. The van der Waals surface area contributed by atoms with Gasteiger partial charge >= 0.3 is 6.03 Å². The van der Waals surface area contributed by atoms with Crippen molar-refractivity contribution in [2.75, 3.05) is 25.6 Å². The lowest BCUT2D eigenvalue weighted by molar-refractivity contribution is 0.174. The predicted molar refractivity (Wildman–Crippen MR) is 127 cm³/mol. The molecule has 3 aromatic rings. The molecule has 1 N–H and O–H groups in total. The third-order valence-electron chi connectivity index (χ3n) is 5.93. The van der Waals surface area contributed by atoms with Crippen LogP contribution in [0.1, 0.15) is 34.4 Å². The van der Waals surface area contributed by atoms with Crippen LogP contribution in [-0.2, 0) is 0 Å². The molecule has 5 nitrogen and oxygen atoms in total. The fourth-order valence-corrected chi connectivity index (χ4v) is 5.44. The molecule has 32 heavy (non-hydrogen) atoms. The van der Waals surface area contributed by atoms with E-state index in [1.807, 2.05) is 59.1 Å². The van der Waals surface area contributed by atoms with Crippen LogP contribution in [0.5, 0.6) is 11.5 Å². The first kappa shape index (κ1) is 20.8. The second-order valence-electron chi connectivity index (χ2n) is 7.95. The van der Waals surface area contributed by atoms with Crippen LogP contribution in [0.3, 0.4) is 0 Å². The summed E-state index contributed by atoms with van der Waals surface area (Å²) in [6.07, 6.45) is 0.902. The van der Waals surface area contributed by atoms with Crippen molar-refractivity contribution in [3.63, 3.8) is 0 Å². The van der Waals surface area contributed by atoms with Crippen LogP contribution in [0.25, 0.3) is 0 Å². The van der Waals surface area contributed by atoms with E-state index in [0.717, 1.165) is 41.3 Å². The van der Waals surface area contributed by atoms with Crippen molar-refractivity contribution < 1.29 is 14.3 Å². The van der Waals surface area contributed by atoms with Crippen LogP contribution in [0, 0.1) is 0 Å². The Kier molecular flexibility index (Phi) is 6.21. The quantitative estimate of drug-likeness (QED) is 0.583. The van der Waals surface area contributed by atoms with Crippen LogP contribution in [-0.4, -0.2) is 36.6 Å². The van der Waals surface area contributed by atoms with Crippen LogP contribution in [0.15, 0.2) is 78.9 Å². The third kappa shape index (κ3) is 4.55. The van der Waals surface area contributed by atoms with Crippen molar-refractivity contribution in [2.24, 2.45) is 0 Å². The smallest absolute Gasteiger partial charge is 0.318 e. The van der Waals surface area contributed by atoms with Gasteiger partial charge in [0.25, 0.3) is 0 Å². The number of fused-ring (bicyclic) bond motifs is 1. The van der Waals surface area contributed by atoms with Gasteiger partial charge < -0.3 is 19.7 Å². The van der Waals surface area contributed by atoms with Gasteiger partial charge in [0.1, 0.15) is 0 Å². The number of hydrogen-bond acceptors (Lipinski definition) is 4. The third-order valence-corrected chi connectivity index (χ3v) is 7.26. The first-order valence-electron chi connectivity index (χ1n) is 10.9. The van der Waals surface area contributed by atoms with Gasteiger partial charge in [-0.25, -0.2) is 4.79 Å². The standard InChI is InChI=1S/C26H26N2O3S/c29-26(27-25(19-7-3-1-4-8-19)20-9-5-2-6-10-20)28-14-13-24(32-16-15-28)21-11-12-22-23(17-21)31-18-30-22/h1-12,17,24-25H,13-16,18H2,(H,27,29). The molecule has 6 heteroatoms. The summed E-state index contributed by atoms with van der Waals surface area (Å²) in [4.78, 5) is 15.2. The first-order valence-corrected chi connectivity index (χ1v) is 12.0. The molecule has 0 saturated carbocycles. The monoisotopic (exact) mass is 446 g/mol. The second-order valence-corrected chi connectivity index (χ2v) is 9.26. The van der Waals surface area contributed by atoms with E-state index in [9.17, 15) is 4.79 Å². The van der Waals surface area contributed by atoms with Crippen molar-refractivity contribution in [3.8, 4) is 11.5 Å². The summed E-state index contributed by atoms with van der Waals surface area (Å²) in [5.74, 6) is 2.52. The number of amides is 2. The summed E-state index contributed by atoms with van der Waals surface area (Å²) in [5, 5.41) is 3.61. The van der Waals surface area contributed by atoms with Crippen molar-refractivity contribution in [1.29, 1.82) is 0 Å². The van der Waals surface area contributed by atoms with Crippen LogP contribution in [0.2, 0.25) is 0 Å². The van der Waals surface area contributed by atoms with Crippen molar-refractivity contribution in [3.05, 3.63) is 95.6 Å². The highest BCUT2D eigenvalue weighted by molar-refractivity contribution is 7.99. The molecule has 0 bridgehead atoms. The summed E-state index contributed by atoms with van der Waals surface area (Å²) in [6.45, 7) is 1.73. The van der Waals surface area contributed by atoms with E-state index in [1.54, 1.807) is 0 Å². The number of rotatable bonds is 4. The number of nitrogens with one attached hydrogen (secondary N) is 1. The van der Waals surface area contributed by atoms with Crippen LogP contribution >= 0.6 is 11.8 Å². The maximum atomic E-state index is 13.3. The lowest BCUT2D eigenvalue weighted by Gasteiger charge is -2.26. The van der Waals surface area contributed by atoms with Crippen molar-refractivity contribution in [2.45, 2.75) is 17.7 Å². The average Bonchev–Trinajstić information content (AvgIpc) is 3.18. The van der Waals surface area contributed by atoms with Gasteiger partial charge in [-0.15, -0.1) is 0 Å². The van der Waals surface area contributed by atoms with Gasteiger partial charge in [0, 0.05) is 24.1 Å². The first-order chi connectivity index (χ1) is 15.8. The van der Waals surface area contributed by atoms with E-state index < -0.39 is 0 Å². The molecule has 1 unspecified atom stereocenters. The number of nitrogens with zero attached hydrogens (tertiary/aromatic N) is 1. The van der Waals surface area contributed by atoms with Gasteiger partial charge in [-0.3, -0.25) is 0 Å². The Morgan fingerprint density at radius 1 is 0.906 bits per heavy atom. The van der Waals surface area contributed by atoms with Gasteiger partial charge in [-0.1, -0.05) is 66.7 Å². The lowest BCUT2D eigenvalue weighted by atomic mass is 9.99. The molecule has 2 aliphatic rings. The summed E-state index contributed by atoms with van der Waals surface area (Å²) in [5.41, 5.74) is 3.39. The minimum absolute atomic E-state index is 0.0188. The summed E-state index contributed by atoms with van der Waals surface area (Å²) >= 11 is 1.90. The minimum atomic E-state index is -0.175. The number of ether oxygens (including phenoxy) is 2. The number of carbonyl (C=O) groups is 1. The number of thioether (sulfide) groups is 1. The normalized spacial score (nSPS) is 17.8. The maximum Gasteiger partial charge on any atom is 0.318 e. The Morgan fingerprint density at radius 3 is 2.31 bits per heavy atom. The van der Waals surface area contributed by atoms with E-state index in [4.69, 9.17) is 9.47 Å². The highest BCUT2D eigenvalue weighted by Gasteiger charge is 2.26. The molecule has 1 saturated heterocycles. The molecule has 2 aliphatic heterocycles. The topological polar surface area (TPSA) is 50.8 Å². The van der Waals surface area contributed by atoms with Crippen molar-refractivity contribution >= 4 is 17.8 Å². The molecule has 2 amide bonds. The summed E-state index contributed by atoms with van der Waals surface area (Å²) in [6, 6.07) is 26.3. The fourth-order valence-electron chi connectivity index (χ4n) is 4.22. The molecule has 2 heterocycles. The van der Waals surface area contributed by atoms with Gasteiger partial charge in [0.15, 0.2) is 11.5 Å². The van der Waals surface area contributed by atoms with E-state index >= 15 is 0 Å². The molecule has 0 radical (unpaired) electrons. The lowest BCUT2D eigenvalue weighted by Crippen LogP contribution is -2.43. The van der Waals surface area contributed by atoms with Crippen LogP contribution < -0.4 is 14.8 Å². The zero-order chi connectivity index (χ0) is 21.8. The zero-order valence-corrected chi connectivity index (χ0v) is 18.6. The highest BCUT2D eigenvalue weighted by Crippen LogP contribution is 2.40. The second kappa shape index (κ2) is 9.57. The fraction of sp³-hybridized carbons (Fsp3) is 0.269. The van der Waals surface area contributed by atoms with Gasteiger partial charge in [-0.2, -0.15) is 11.8 Å². The number of urea groups is 1. The maximum absolute atomic E-state index is 13.3. The minimum Gasteiger partial charge on any atom is -0.454 e. The summed E-state index contributed by atoms with van der Waals surface area (Å²) < 4.78 is 11.0. The number of carbonyl (C=O) groups excluding carboxylic acids is 1. The number of hydrogen-bond donors (Lipinski definition) is 1. The largest absolute Gasteiger partial charge is 0.454 e. The Labute approximate surface area is 192 Å². The highest BCUT2D eigenvalue weighted by atomic mass is 32.2. The molecule has 0 aliphatic carbocycles. The molecule has 1 atom stereocenters. The van der Waals surface area contributed by atoms with E-state index in [2.05, 4.69) is 41.7 Å². The van der Waals surface area contributed by atoms with Crippen LogP contribution in [0.4, 0.5) is 4.79 Å². The zero-order valence-electron chi connectivity index (χ0n) is 17.8. The molecular formula is C26H26N2O3S. The number of benzene rings is 3. The molecule has 0 aromatic heterocycles. The van der Waals surface area contributed by atoms with Crippen molar-refractivity contribution in [1.82, 2.24) is 10.2 Å². The summed E-state index contributed by atoms with van der Waals surface area (Å²) in [7, 11) is 0. The average molecular weight is 447 g/mol. The Morgan fingerprint density at radius 2 is 1.59 bits per heavy atom. The molecule has 0 spiro atoms. The molecule has 164 valence electrons. The van der Waals surface area contributed by atoms with E-state index in [1.165, 1.54) is 5.56 Å². The predicted octanol–water partition coefficient (Wildman–Crippen LogP) is 5.39. The van der Waals surface area contributed by atoms with Gasteiger partial charge in [-0.05, 0) is 35.2 Å². The van der Waals surface area contributed by atoms with Gasteiger partial charge in [0.05, 0.1) is 6.04 Å². The van der Waals surface area contributed by atoms with E-state index in [-0.39, 0.29) is 18.9 Å². The van der Waals surface area contributed by atoms with Gasteiger partial charge in [0.2, 0.25) is 6.79 Å². The molecule has 1 fully saturated rings. The Bertz CT molecular complexity index is 1020. The molecule has 5 rings (SSSR count). The van der Waals surface area contributed by atoms with E-state index in [0.29, 0.717) is 11.8 Å². The SMILES string of the molecule is O=C(NC(c1ccccc1)c1ccccc1)N1CCSC(c2ccc3c(c2)OCO3)CC1.